The summed E-state index contributed by atoms with van der Waals surface area (Å²) in [6.45, 7) is 0.329. The number of anilines is 1. The smallest absolute Gasteiger partial charge is 0.306 e. The molecule has 0 saturated carbocycles. The summed E-state index contributed by atoms with van der Waals surface area (Å²) in [6, 6.07) is 16.3. The number of primary amides is 1. The molecule has 0 unspecified atom stereocenters. The summed E-state index contributed by atoms with van der Waals surface area (Å²) in [6.07, 6.45) is 1.59. The molecule has 2 amide bonds. The Hall–Kier alpha value is -3.15. The largest absolute Gasteiger partial charge is 0.466 e. The zero-order chi connectivity index (χ0) is 18.8. The van der Waals surface area contributed by atoms with Crippen LogP contribution in [0.3, 0.4) is 0 Å². The molecule has 0 aliphatic heterocycles. The number of carbonyl (C=O) groups excluding carboxylic acids is 3. The number of ether oxygens (including phenoxy) is 1. The van der Waals surface area contributed by atoms with Gasteiger partial charge < -0.3 is 15.8 Å². The summed E-state index contributed by atoms with van der Waals surface area (Å²) in [5, 5.41) is 2.63. The Bertz CT molecular complexity index is 759. The van der Waals surface area contributed by atoms with Gasteiger partial charge in [-0.25, -0.2) is 0 Å². The third kappa shape index (κ3) is 6.76. The van der Waals surface area contributed by atoms with Gasteiger partial charge in [-0.05, 0) is 36.6 Å². The van der Waals surface area contributed by atoms with Gasteiger partial charge >= 0.3 is 5.97 Å². The lowest BCUT2D eigenvalue weighted by molar-refractivity contribution is -0.144. The van der Waals surface area contributed by atoms with E-state index < -0.39 is 11.9 Å². The molecule has 3 N–H and O–H groups in total. The highest BCUT2D eigenvalue weighted by Gasteiger charge is 2.09. The molecule has 0 aromatic heterocycles. The monoisotopic (exact) mass is 354 g/mol. The summed E-state index contributed by atoms with van der Waals surface area (Å²) in [5.41, 5.74) is 7.16. The van der Waals surface area contributed by atoms with Crippen LogP contribution in [0, 0.1) is 0 Å². The van der Waals surface area contributed by atoms with Gasteiger partial charge in [-0.3, -0.25) is 14.4 Å². The molecule has 0 aliphatic rings. The van der Waals surface area contributed by atoms with Crippen molar-refractivity contribution in [3.05, 3.63) is 65.7 Å². The van der Waals surface area contributed by atoms with Gasteiger partial charge in [0.05, 0.1) is 13.0 Å². The number of hydrogen-bond acceptors (Lipinski definition) is 4. The Balaban J connectivity index is 1.64. The lowest BCUT2D eigenvalue weighted by Gasteiger charge is -2.07. The van der Waals surface area contributed by atoms with Crippen molar-refractivity contribution in [2.45, 2.75) is 25.7 Å². The average molecular weight is 354 g/mol. The minimum absolute atomic E-state index is 0.00663. The molecule has 26 heavy (non-hydrogen) atoms. The van der Waals surface area contributed by atoms with Gasteiger partial charge in [-0.15, -0.1) is 0 Å². The molecule has 6 nitrogen and oxygen atoms in total. The highest BCUT2D eigenvalue weighted by molar-refractivity contribution is 5.96. The van der Waals surface area contributed by atoms with Crippen molar-refractivity contribution >= 4 is 23.5 Å². The van der Waals surface area contributed by atoms with E-state index in [1.54, 1.807) is 18.2 Å². The van der Waals surface area contributed by atoms with E-state index in [0.717, 1.165) is 12.8 Å². The number of rotatable bonds is 9. The van der Waals surface area contributed by atoms with Crippen LogP contribution < -0.4 is 11.1 Å². The number of hydrogen-bond donors (Lipinski definition) is 2. The molecule has 2 aromatic rings. The first-order chi connectivity index (χ1) is 12.5. The van der Waals surface area contributed by atoms with Crippen molar-refractivity contribution in [3.8, 4) is 0 Å². The maximum absolute atomic E-state index is 11.9. The normalized spacial score (nSPS) is 10.2. The van der Waals surface area contributed by atoms with Gasteiger partial charge in [0.25, 0.3) is 0 Å². The minimum Gasteiger partial charge on any atom is -0.466 e. The molecule has 6 heteroatoms. The van der Waals surface area contributed by atoms with E-state index in [1.807, 2.05) is 30.3 Å². The second-order valence-electron chi connectivity index (χ2n) is 5.80. The molecule has 0 atom stereocenters. The van der Waals surface area contributed by atoms with Crippen LogP contribution in [0.4, 0.5) is 5.69 Å². The minimum atomic E-state index is -0.569. The van der Waals surface area contributed by atoms with E-state index in [4.69, 9.17) is 10.5 Å². The summed E-state index contributed by atoms with van der Waals surface area (Å²) in [4.78, 5) is 34.7. The highest BCUT2D eigenvalue weighted by Crippen LogP contribution is 2.11. The highest BCUT2D eigenvalue weighted by atomic mass is 16.5. The average Bonchev–Trinajstić information content (AvgIpc) is 2.64. The van der Waals surface area contributed by atoms with Crippen LogP contribution in [0.15, 0.2) is 54.6 Å². The Labute approximate surface area is 152 Å². The van der Waals surface area contributed by atoms with E-state index in [0.29, 0.717) is 17.9 Å². The fraction of sp³-hybridized carbons (Fsp3) is 0.250. The van der Waals surface area contributed by atoms with Gasteiger partial charge in [0.2, 0.25) is 11.8 Å². The summed E-state index contributed by atoms with van der Waals surface area (Å²) < 4.78 is 5.13. The lowest BCUT2D eigenvalue weighted by atomic mass is 10.1. The maximum atomic E-state index is 11.9. The zero-order valence-corrected chi connectivity index (χ0v) is 14.4. The van der Waals surface area contributed by atoms with Crippen molar-refractivity contribution in [1.82, 2.24) is 0 Å². The SMILES string of the molecule is NC(=O)c1cccc(NC(=O)CCC(=O)OCCCc2ccccc2)c1. The maximum Gasteiger partial charge on any atom is 0.306 e. The number of nitrogens with two attached hydrogens (primary N) is 1. The van der Waals surface area contributed by atoms with Gasteiger partial charge in [0.1, 0.15) is 0 Å². The number of amides is 2. The van der Waals surface area contributed by atoms with Gasteiger partial charge in [-0.1, -0.05) is 36.4 Å². The van der Waals surface area contributed by atoms with E-state index in [2.05, 4.69) is 5.32 Å². The van der Waals surface area contributed by atoms with Crippen LogP contribution >= 0.6 is 0 Å². The first kappa shape index (κ1) is 19.2. The topological polar surface area (TPSA) is 98.5 Å². The third-order valence-corrected chi connectivity index (χ3v) is 3.70. The molecule has 0 bridgehead atoms. The van der Waals surface area contributed by atoms with E-state index in [-0.39, 0.29) is 18.7 Å². The molecule has 0 saturated heterocycles. The third-order valence-electron chi connectivity index (χ3n) is 3.70. The summed E-state index contributed by atoms with van der Waals surface area (Å²) in [7, 11) is 0. The Morgan fingerprint density at radius 3 is 2.46 bits per heavy atom. The number of carbonyl (C=O) groups is 3. The fourth-order valence-corrected chi connectivity index (χ4v) is 2.37. The summed E-state index contributed by atoms with van der Waals surface area (Å²) >= 11 is 0. The standard InChI is InChI=1S/C20H22N2O4/c21-20(25)16-9-4-10-17(14-16)22-18(23)11-12-19(24)26-13-5-8-15-6-2-1-3-7-15/h1-4,6-7,9-10,14H,5,8,11-13H2,(H2,21,25)(H,22,23). The van der Waals surface area contributed by atoms with Crippen molar-refractivity contribution in [2.24, 2.45) is 5.73 Å². The predicted molar refractivity (Wildman–Crippen MR) is 98.5 cm³/mol. The van der Waals surface area contributed by atoms with Gasteiger partial charge in [0, 0.05) is 17.7 Å². The van der Waals surface area contributed by atoms with Crippen LogP contribution in [-0.4, -0.2) is 24.4 Å². The molecule has 2 aromatic carbocycles. The fourth-order valence-electron chi connectivity index (χ4n) is 2.37. The van der Waals surface area contributed by atoms with Crippen LogP contribution in [0.25, 0.3) is 0 Å². The first-order valence-electron chi connectivity index (χ1n) is 8.44. The Kier molecular flexibility index (Phi) is 7.36. The molecule has 136 valence electrons. The molecule has 0 aliphatic carbocycles. The van der Waals surface area contributed by atoms with E-state index >= 15 is 0 Å². The predicted octanol–water partition coefficient (Wildman–Crippen LogP) is 2.68. The van der Waals surface area contributed by atoms with Crippen molar-refractivity contribution in [2.75, 3.05) is 11.9 Å². The zero-order valence-electron chi connectivity index (χ0n) is 14.4. The van der Waals surface area contributed by atoms with Crippen molar-refractivity contribution in [3.63, 3.8) is 0 Å². The van der Waals surface area contributed by atoms with E-state index in [9.17, 15) is 14.4 Å². The van der Waals surface area contributed by atoms with Crippen LogP contribution in [0.1, 0.15) is 35.2 Å². The second kappa shape index (κ2) is 9.98. The van der Waals surface area contributed by atoms with Crippen molar-refractivity contribution in [1.29, 1.82) is 0 Å². The number of nitrogens with one attached hydrogen (secondary N) is 1. The van der Waals surface area contributed by atoms with Crippen LogP contribution in [0.5, 0.6) is 0 Å². The second-order valence-corrected chi connectivity index (χ2v) is 5.80. The lowest BCUT2D eigenvalue weighted by Crippen LogP contribution is -2.16. The first-order valence-corrected chi connectivity index (χ1v) is 8.44. The van der Waals surface area contributed by atoms with Crippen LogP contribution in [0.2, 0.25) is 0 Å². The number of benzene rings is 2. The molecule has 0 heterocycles. The number of aryl methyl sites for hydroxylation is 1. The van der Waals surface area contributed by atoms with Gasteiger partial charge in [-0.2, -0.15) is 0 Å². The molecule has 0 spiro atoms. The quantitative estimate of drug-likeness (QED) is 0.534. The molecule has 0 fully saturated rings. The Morgan fingerprint density at radius 1 is 0.962 bits per heavy atom. The number of esters is 1. The van der Waals surface area contributed by atoms with Gasteiger partial charge in [0.15, 0.2) is 0 Å². The molecular weight excluding hydrogens is 332 g/mol. The Morgan fingerprint density at radius 2 is 1.73 bits per heavy atom. The van der Waals surface area contributed by atoms with Crippen LogP contribution in [-0.2, 0) is 20.7 Å². The summed E-state index contributed by atoms with van der Waals surface area (Å²) in [5.74, 6) is -1.30. The van der Waals surface area contributed by atoms with E-state index in [1.165, 1.54) is 11.6 Å². The molecule has 2 rings (SSSR count). The van der Waals surface area contributed by atoms with Crippen molar-refractivity contribution < 1.29 is 19.1 Å². The molecular formula is C20H22N2O4. The molecule has 0 radical (unpaired) electrons.